The van der Waals surface area contributed by atoms with Crippen molar-refractivity contribution >= 4 is 32.9 Å². The van der Waals surface area contributed by atoms with E-state index in [9.17, 15) is 0 Å². The van der Waals surface area contributed by atoms with Crippen LogP contribution in [0.5, 0.6) is 0 Å². The number of oxazole rings is 1. The summed E-state index contributed by atoms with van der Waals surface area (Å²) in [5.74, 6) is 0.718. The van der Waals surface area contributed by atoms with E-state index in [1.165, 1.54) is 10.3 Å². The molecule has 5 rings (SSSR count). The molecule has 0 unspecified atom stereocenters. The lowest BCUT2D eigenvalue weighted by Crippen LogP contribution is -1.68. The lowest BCUT2D eigenvalue weighted by atomic mass is 10.3. The largest absolute Gasteiger partial charge is 0.449 e. The van der Waals surface area contributed by atoms with Crippen LogP contribution in [0.15, 0.2) is 82.8 Å². The molecule has 0 spiro atoms. The maximum atomic E-state index is 4.72. The molecule has 0 radical (unpaired) electrons. The van der Waals surface area contributed by atoms with Crippen molar-refractivity contribution in [3.8, 4) is 0 Å². The quantitative estimate of drug-likeness (QED) is 0.308. The summed E-state index contributed by atoms with van der Waals surface area (Å²) >= 11 is 3.34. The Morgan fingerprint density at radius 2 is 1.57 bits per heavy atom. The van der Waals surface area contributed by atoms with Crippen molar-refractivity contribution < 1.29 is 4.42 Å². The molecule has 0 aliphatic carbocycles. The average molecular weight is 411 g/mol. The third-order valence-electron chi connectivity index (χ3n) is 3.20. The summed E-state index contributed by atoms with van der Waals surface area (Å²) in [7, 11) is 0. The van der Waals surface area contributed by atoms with E-state index in [4.69, 9.17) is 4.42 Å². The fraction of sp³-hybridized carbons (Fsp3) is 0.143. The zero-order valence-corrected chi connectivity index (χ0v) is 17.7. The maximum absolute atomic E-state index is 4.72. The number of aryl methyl sites for hydroxylation is 3. The smallest absolute Gasteiger partial charge is 0.190 e. The summed E-state index contributed by atoms with van der Waals surface area (Å²) in [4.78, 5) is 15.7. The van der Waals surface area contributed by atoms with Gasteiger partial charge in [-0.05, 0) is 43.7 Å². The van der Waals surface area contributed by atoms with Gasteiger partial charge in [-0.1, -0.05) is 12.1 Å². The minimum atomic E-state index is 0.718. The number of benzene rings is 1. The summed E-state index contributed by atoms with van der Waals surface area (Å²) in [5.41, 5.74) is 4.22. The van der Waals surface area contributed by atoms with Gasteiger partial charge in [0.2, 0.25) is 0 Å². The van der Waals surface area contributed by atoms with E-state index in [2.05, 4.69) is 26.0 Å². The van der Waals surface area contributed by atoms with Crippen LogP contribution in [-0.4, -0.2) is 19.9 Å². The molecule has 144 valence electrons. The van der Waals surface area contributed by atoms with E-state index in [-0.39, 0.29) is 0 Å². The van der Waals surface area contributed by atoms with Crippen LogP contribution < -0.4 is 0 Å². The van der Waals surface area contributed by atoms with Crippen molar-refractivity contribution in [2.45, 2.75) is 20.8 Å². The second kappa shape index (κ2) is 12.5. The molecule has 0 aliphatic rings. The second-order valence-corrected chi connectivity index (χ2v) is 7.43. The first-order chi connectivity index (χ1) is 13.6. The van der Waals surface area contributed by atoms with Crippen molar-refractivity contribution in [1.29, 1.82) is 0 Å². The number of hydrogen-bond acceptors (Lipinski definition) is 7. The fourth-order valence-electron chi connectivity index (χ4n) is 1.82. The Hall–Kier alpha value is -2.90. The van der Waals surface area contributed by atoms with Gasteiger partial charge in [0.05, 0.1) is 26.9 Å². The third-order valence-corrected chi connectivity index (χ3v) is 4.71. The van der Waals surface area contributed by atoms with Crippen molar-refractivity contribution in [2.24, 2.45) is 0 Å². The first-order valence-electron chi connectivity index (χ1n) is 8.52. The third kappa shape index (κ3) is 8.66. The van der Waals surface area contributed by atoms with Crippen LogP contribution in [-0.2, 0) is 0 Å². The number of thiazole rings is 2. The number of pyridine rings is 1. The molecule has 0 saturated carbocycles. The summed E-state index contributed by atoms with van der Waals surface area (Å²) < 4.78 is 5.98. The van der Waals surface area contributed by atoms with Crippen LogP contribution in [0, 0.1) is 20.8 Å². The molecule has 1 aromatic carbocycles. The van der Waals surface area contributed by atoms with Gasteiger partial charge in [-0.25, -0.2) is 9.97 Å². The number of fused-ring (bicyclic) bond motifs is 1. The lowest BCUT2D eigenvalue weighted by Gasteiger charge is -1.82. The summed E-state index contributed by atoms with van der Waals surface area (Å²) in [6, 6.07) is 12.1. The minimum Gasteiger partial charge on any atom is -0.449 e. The van der Waals surface area contributed by atoms with Gasteiger partial charge in [-0.15, -0.1) is 22.7 Å². The Bertz CT molecular complexity index is 935. The molecule has 28 heavy (non-hydrogen) atoms. The van der Waals surface area contributed by atoms with E-state index >= 15 is 0 Å². The van der Waals surface area contributed by atoms with Gasteiger partial charge in [0, 0.05) is 30.9 Å². The molecule has 0 fully saturated rings. The molecule has 4 aromatic heterocycles. The Labute approximate surface area is 172 Å². The van der Waals surface area contributed by atoms with Gasteiger partial charge < -0.3 is 4.42 Å². The lowest BCUT2D eigenvalue weighted by molar-refractivity contribution is 0.521. The molecule has 4 heterocycles. The van der Waals surface area contributed by atoms with Crippen LogP contribution >= 0.6 is 22.7 Å². The molecule has 0 aliphatic heterocycles. The first kappa shape index (κ1) is 21.4. The summed E-state index contributed by atoms with van der Waals surface area (Å²) in [6.45, 7) is 5.84. The second-order valence-electron chi connectivity index (χ2n) is 5.45. The monoisotopic (exact) mass is 410 g/mol. The molecule has 0 N–H and O–H groups in total. The van der Waals surface area contributed by atoms with Crippen LogP contribution in [0.25, 0.3) is 10.2 Å². The van der Waals surface area contributed by atoms with Crippen molar-refractivity contribution in [3.63, 3.8) is 0 Å². The fourth-order valence-corrected chi connectivity index (χ4v) is 2.94. The van der Waals surface area contributed by atoms with Gasteiger partial charge in [-0.3, -0.25) is 9.97 Å². The van der Waals surface area contributed by atoms with Crippen LogP contribution in [0.3, 0.4) is 0 Å². The predicted molar refractivity (Wildman–Crippen MR) is 117 cm³/mol. The number of aromatic nitrogens is 4. The number of rotatable bonds is 0. The van der Waals surface area contributed by atoms with Gasteiger partial charge in [-0.2, -0.15) is 0 Å². The van der Waals surface area contributed by atoms with Crippen molar-refractivity contribution in [3.05, 3.63) is 94.8 Å². The van der Waals surface area contributed by atoms with Crippen molar-refractivity contribution in [1.82, 2.24) is 19.9 Å². The number of para-hydroxylation sites is 1. The van der Waals surface area contributed by atoms with E-state index in [1.807, 2.05) is 55.1 Å². The normalized spacial score (nSPS) is 9.25. The highest BCUT2D eigenvalue weighted by molar-refractivity contribution is 7.16. The zero-order valence-electron chi connectivity index (χ0n) is 16.0. The van der Waals surface area contributed by atoms with E-state index in [0.29, 0.717) is 0 Å². The Morgan fingerprint density at radius 1 is 0.786 bits per heavy atom. The molecular formula is C21H22N4OS2. The Kier molecular flexibility index (Phi) is 9.54. The Morgan fingerprint density at radius 3 is 2.00 bits per heavy atom. The van der Waals surface area contributed by atoms with Crippen LogP contribution in [0.4, 0.5) is 0 Å². The number of hydrogen-bond donors (Lipinski definition) is 0. The number of nitrogens with zero attached hydrogens (tertiary/aromatic N) is 4. The van der Waals surface area contributed by atoms with Gasteiger partial charge in [0.15, 0.2) is 5.89 Å². The van der Waals surface area contributed by atoms with E-state index in [0.717, 1.165) is 16.4 Å². The highest BCUT2D eigenvalue weighted by atomic mass is 32.1. The minimum absolute atomic E-state index is 0.718. The molecular weight excluding hydrogens is 388 g/mol. The van der Waals surface area contributed by atoms with E-state index in [1.54, 1.807) is 60.6 Å². The van der Waals surface area contributed by atoms with Crippen LogP contribution in [0.1, 0.15) is 16.5 Å². The molecule has 0 atom stereocenters. The highest BCUT2D eigenvalue weighted by Gasteiger charge is 1.89. The van der Waals surface area contributed by atoms with Gasteiger partial charge in [0.25, 0.3) is 0 Å². The van der Waals surface area contributed by atoms with Crippen LogP contribution in [0.2, 0.25) is 0 Å². The molecule has 0 bridgehead atoms. The van der Waals surface area contributed by atoms with E-state index < -0.39 is 0 Å². The van der Waals surface area contributed by atoms with Gasteiger partial charge >= 0.3 is 0 Å². The molecule has 0 amide bonds. The molecule has 5 aromatic rings. The summed E-state index contributed by atoms with van der Waals surface area (Å²) in [5, 5.41) is 3.10. The maximum Gasteiger partial charge on any atom is 0.190 e. The molecule has 7 heteroatoms. The SMILES string of the molecule is Cc1ccncc1.Cc1ncco1.Cc1nccs1.c1ccc2scnc2c1. The molecule has 0 saturated heterocycles. The Balaban J connectivity index is 0.000000136. The first-order valence-corrected chi connectivity index (χ1v) is 10.3. The predicted octanol–water partition coefficient (Wildman–Crippen LogP) is 6.12. The standard InChI is InChI=1S/C7H5NS.C6H7N.C4H5NO.C4H5NS/c1-2-4-7-6(3-1)8-5-9-7;1-6-2-4-7-5-3-6;2*1-4-5-2-3-6-4/h1-5H;2-5H,1H3;2*2-3H,1H3. The van der Waals surface area contributed by atoms with Gasteiger partial charge in [0.1, 0.15) is 6.26 Å². The molecule has 5 nitrogen and oxygen atoms in total. The average Bonchev–Trinajstić information content (AvgIpc) is 3.47. The summed E-state index contributed by atoms with van der Waals surface area (Å²) in [6.07, 6.45) is 8.55. The zero-order chi connectivity index (χ0) is 20.0. The van der Waals surface area contributed by atoms with Crippen molar-refractivity contribution in [2.75, 3.05) is 0 Å². The topological polar surface area (TPSA) is 64.7 Å². The highest BCUT2D eigenvalue weighted by Crippen LogP contribution is 2.15.